The van der Waals surface area contributed by atoms with Crippen molar-refractivity contribution in [2.24, 2.45) is 5.92 Å². The van der Waals surface area contributed by atoms with Crippen LogP contribution in [0.3, 0.4) is 0 Å². The van der Waals surface area contributed by atoms with E-state index in [9.17, 15) is 14.7 Å². The first-order chi connectivity index (χ1) is 15.4. The summed E-state index contributed by atoms with van der Waals surface area (Å²) in [5.74, 6) is -0.680. The van der Waals surface area contributed by atoms with Crippen LogP contribution in [0.15, 0.2) is 60.7 Å². The van der Waals surface area contributed by atoms with Gasteiger partial charge in [-0.3, -0.25) is 4.79 Å². The molecule has 3 aliphatic heterocycles. The Morgan fingerprint density at radius 3 is 2.06 bits per heavy atom. The molecule has 2 aromatic carbocycles. The van der Waals surface area contributed by atoms with Crippen LogP contribution in [0.4, 0.5) is 0 Å². The maximum atomic E-state index is 13.7. The van der Waals surface area contributed by atoms with Gasteiger partial charge in [0, 0.05) is 25.3 Å². The van der Waals surface area contributed by atoms with Gasteiger partial charge in [-0.15, -0.1) is 0 Å². The normalized spacial score (nSPS) is 27.0. The minimum Gasteiger partial charge on any atom is -0.452 e. The quantitative estimate of drug-likeness (QED) is 0.516. The van der Waals surface area contributed by atoms with Crippen molar-refractivity contribution >= 4 is 11.9 Å². The van der Waals surface area contributed by atoms with E-state index in [-0.39, 0.29) is 11.8 Å². The number of nitrogens with one attached hydrogen (secondary N) is 1. The molecule has 3 aliphatic rings. The van der Waals surface area contributed by atoms with Crippen LogP contribution in [-0.4, -0.2) is 60.3 Å². The molecule has 2 bridgehead atoms. The Labute approximate surface area is 189 Å². The number of carbonyl (C=O) groups excluding carboxylic acids is 2. The molecule has 6 heteroatoms. The van der Waals surface area contributed by atoms with Crippen molar-refractivity contribution in [3.8, 4) is 0 Å². The molecule has 0 radical (unpaired) electrons. The zero-order valence-corrected chi connectivity index (χ0v) is 18.9. The molecule has 6 nitrogen and oxygen atoms in total. The van der Waals surface area contributed by atoms with Crippen LogP contribution in [0.1, 0.15) is 37.3 Å². The molecule has 3 heterocycles. The largest absolute Gasteiger partial charge is 0.452 e. The zero-order chi connectivity index (χ0) is 22.8. The molecule has 0 aliphatic carbocycles. The van der Waals surface area contributed by atoms with Gasteiger partial charge in [0.25, 0.3) is 5.91 Å². The first-order valence-electron chi connectivity index (χ1n) is 11.6. The maximum Gasteiger partial charge on any atom is 0.348 e. The molecule has 0 saturated carbocycles. The number of aliphatic hydroxyl groups is 1. The Morgan fingerprint density at radius 2 is 1.56 bits per heavy atom. The number of amides is 1. The number of carbonyl (C=O) groups is 2. The zero-order valence-electron chi connectivity index (χ0n) is 18.9. The molecule has 170 valence electrons. The molecule has 32 heavy (non-hydrogen) atoms. The summed E-state index contributed by atoms with van der Waals surface area (Å²) in [6.45, 7) is 4.40. The smallest absolute Gasteiger partial charge is 0.348 e. The van der Waals surface area contributed by atoms with Crippen molar-refractivity contribution in [2.75, 3.05) is 26.7 Å². The molecule has 3 fully saturated rings. The minimum atomic E-state index is -1.95. The molecule has 2 N–H and O–H groups in total. The van der Waals surface area contributed by atoms with Crippen LogP contribution >= 0.6 is 0 Å². The monoisotopic (exact) mass is 437 g/mol. The highest BCUT2D eigenvalue weighted by Crippen LogP contribution is 2.41. The number of hydrogen-bond donors (Lipinski definition) is 2. The number of fused-ring (bicyclic) bond motifs is 3. The van der Waals surface area contributed by atoms with Crippen LogP contribution in [-0.2, 0) is 19.9 Å². The summed E-state index contributed by atoms with van der Waals surface area (Å²) in [6, 6.07) is 17.3. The number of rotatable bonds is 7. The lowest BCUT2D eigenvalue weighted by molar-refractivity contribution is -0.943. The summed E-state index contributed by atoms with van der Waals surface area (Å²) in [5, 5.41) is 14.8. The van der Waals surface area contributed by atoms with Crippen molar-refractivity contribution in [3.05, 3.63) is 71.8 Å². The molecular formula is C26H33N2O4+. The lowest BCUT2D eigenvalue weighted by atomic mass is 9.77. The highest BCUT2D eigenvalue weighted by Gasteiger charge is 2.58. The Bertz CT molecular complexity index is 899. The number of quaternary nitrogens is 1. The molecule has 1 amide bonds. The first-order valence-corrected chi connectivity index (χ1v) is 11.6. The Balaban J connectivity index is 1.68. The van der Waals surface area contributed by atoms with Gasteiger partial charge in [0.05, 0.1) is 20.1 Å². The SMILES string of the molecule is CCCNC(=O)C1[C@H](OC(=O)C(O)(c2ccccc2)c2ccccc2)C2CC[N+]1(C)CC2. The molecule has 0 aromatic heterocycles. The van der Waals surface area contributed by atoms with Crippen LogP contribution in [0.2, 0.25) is 0 Å². The van der Waals surface area contributed by atoms with Crippen molar-refractivity contribution in [1.82, 2.24) is 5.32 Å². The highest BCUT2D eigenvalue weighted by molar-refractivity contribution is 5.87. The van der Waals surface area contributed by atoms with E-state index in [1.54, 1.807) is 48.5 Å². The second kappa shape index (κ2) is 9.04. The maximum absolute atomic E-state index is 13.7. The van der Waals surface area contributed by atoms with E-state index < -0.39 is 23.7 Å². The molecular weight excluding hydrogens is 404 g/mol. The van der Waals surface area contributed by atoms with E-state index in [4.69, 9.17) is 4.74 Å². The van der Waals surface area contributed by atoms with Gasteiger partial charge in [-0.25, -0.2) is 4.79 Å². The number of nitrogens with zero attached hydrogens (tertiary/aromatic N) is 1. The molecule has 5 rings (SSSR count). The predicted molar refractivity (Wildman–Crippen MR) is 121 cm³/mol. The lowest BCUT2D eigenvalue weighted by Crippen LogP contribution is -2.73. The minimum absolute atomic E-state index is 0.0699. The van der Waals surface area contributed by atoms with Crippen molar-refractivity contribution in [2.45, 2.75) is 43.9 Å². The van der Waals surface area contributed by atoms with Gasteiger partial charge >= 0.3 is 5.97 Å². The summed E-state index contributed by atoms with van der Waals surface area (Å²) >= 11 is 0. The summed E-state index contributed by atoms with van der Waals surface area (Å²) in [7, 11) is 2.08. The topological polar surface area (TPSA) is 75.6 Å². The third kappa shape index (κ3) is 3.93. The fourth-order valence-electron chi connectivity index (χ4n) is 5.31. The van der Waals surface area contributed by atoms with Crippen LogP contribution in [0.5, 0.6) is 0 Å². The van der Waals surface area contributed by atoms with Gasteiger partial charge < -0.3 is 19.6 Å². The van der Waals surface area contributed by atoms with E-state index in [2.05, 4.69) is 12.4 Å². The number of esters is 1. The average molecular weight is 438 g/mol. The molecule has 0 spiro atoms. The van der Waals surface area contributed by atoms with Crippen molar-refractivity contribution < 1.29 is 23.9 Å². The predicted octanol–water partition coefficient (Wildman–Crippen LogP) is 2.60. The van der Waals surface area contributed by atoms with Crippen LogP contribution < -0.4 is 5.32 Å². The standard InChI is InChI=1S/C26H32N2O4/c1-3-16-27-24(29)22-23(19-14-17-28(22,2)18-15-19)32-25(30)26(31,20-10-6-4-7-11-20)21-12-8-5-9-13-21/h4-13,19,22-23,31H,3,14-18H2,1-2H3/p+1/t19?,22?,23-,28?/m1/s1. The van der Waals surface area contributed by atoms with E-state index >= 15 is 0 Å². The van der Waals surface area contributed by atoms with Crippen LogP contribution in [0, 0.1) is 5.92 Å². The second-order valence-electron chi connectivity index (χ2n) is 9.31. The molecule has 3 saturated heterocycles. The van der Waals surface area contributed by atoms with Gasteiger partial charge in [0.2, 0.25) is 11.6 Å². The number of hydrogen-bond acceptors (Lipinski definition) is 4. The second-order valence-corrected chi connectivity index (χ2v) is 9.31. The van der Waals surface area contributed by atoms with Gasteiger partial charge in [0.15, 0.2) is 6.10 Å². The van der Waals surface area contributed by atoms with E-state index in [0.29, 0.717) is 22.2 Å². The first kappa shape index (κ1) is 22.5. The van der Waals surface area contributed by atoms with E-state index in [1.807, 2.05) is 19.1 Å². The Morgan fingerprint density at radius 1 is 1.03 bits per heavy atom. The third-order valence-corrected chi connectivity index (χ3v) is 7.21. The Hall–Kier alpha value is -2.70. The van der Waals surface area contributed by atoms with Crippen LogP contribution in [0.25, 0.3) is 0 Å². The van der Waals surface area contributed by atoms with Crippen molar-refractivity contribution in [1.29, 1.82) is 0 Å². The van der Waals surface area contributed by atoms with Gasteiger partial charge in [-0.1, -0.05) is 67.6 Å². The van der Waals surface area contributed by atoms with Crippen molar-refractivity contribution in [3.63, 3.8) is 0 Å². The van der Waals surface area contributed by atoms with Gasteiger partial charge in [-0.05, 0) is 17.5 Å². The fraction of sp³-hybridized carbons (Fsp3) is 0.462. The number of ether oxygens (including phenoxy) is 1. The summed E-state index contributed by atoms with van der Waals surface area (Å²) in [5.41, 5.74) is -1.05. The average Bonchev–Trinajstić information content (AvgIpc) is 2.83. The lowest BCUT2D eigenvalue weighted by Gasteiger charge is -2.54. The number of piperidine rings is 3. The van der Waals surface area contributed by atoms with Gasteiger partial charge in [0.1, 0.15) is 0 Å². The summed E-state index contributed by atoms with van der Waals surface area (Å²) < 4.78 is 6.68. The highest BCUT2D eigenvalue weighted by atomic mass is 16.6. The number of benzene rings is 2. The molecule has 2 atom stereocenters. The fourth-order valence-corrected chi connectivity index (χ4v) is 5.31. The Kier molecular flexibility index (Phi) is 6.35. The number of likely N-dealkylation sites (N-methyl/N-ethyl adjacent to an activating group) is 1. The van der Waals surface area contributed by atoms with E-state index in [1.165, 1.54) is 0 Å². The summed E-state index contributed by atoms with van der Waals surface area (Å²) in [6.07, 6.45) is 2.09. The molecule has 2 aromatic rings. The third-order valence-electron chi connectivity index (χ3n) is 7.21. The summed E-state index contributed by atoms with van der Waals surface area (Å²) in [4.78, 5) is 26.8. The van der Waals surface area contributed by atoms with Gasteiger partial charge in [-0.2, -0.15) is 0 Å². The molecule has 1 unspecified atom stereocenters. The van der Waals surface area contributed by atoms with E-state index in [0.717, 1.165) is 32.4 Å².